The number of para-hydroxylation sites is 1. The number of aromatic nitrogens is 1. The van der Waals surface area contributed by atoms with E-state index in [1.54, 1.807) is 12.1 Å². The van der Waals surface area contributed by atoms with E-state index in [1.807, 2.05) is 48.0 Å². The number of nitrogens with one attached hydrogen (secondary N) is 1. The largest absolute Gasteiger partial charge is 1.00 e. The summed E-state index contributed by atoms with van der Waals surface area (Å²) in [5.74, 6) is -0.118. The second kappa shape index (κ2) is 7.71. The summed E-state index contributed by atoms with van der Waals surface area (Å²) in [6.45, 7) is 2.20. The Kier molecular flexibility index (Phi) is 6.27. The summed E-state index contributed by atoms with van der Waals surface area (Å²) >= 11 is 4.97. The number of hydrogen-bond donors (Lipinski definition) is 2. The molecule has 0 radical (unpaired) electrons. The number of amides is 1. The highest BCUT2D eigenvalue weighted by Gasteiger charge is 2.13. The molecule has 0 aliphatic carbocycles. The molecule has 0 aliphatic heterocycles. The van der Waals surface area contributed by atoms with Crippen molar-refractivity contribution in [1.82, 2.24) is 0 Å². The standard InChI is InChI=1S/C15H15N3OS.ClH/c1-11-6-4-5-9-18(11)10-14(19)17-13-8-3-2-7-12(13)15(16)20;/h2-9H,10H2,1H3,(H2-,16,17,19,20);1H. The van der Waals surface area contributed by atoms with Crippen LogP contribution in [0.15, 0.2) is 48.7 Å². The summed E-state index contributed by atoms with van der Waals surface area (Å²) in [6, 6.07) is 13.0. The molecule has 1 heterocycles. The zero-order valence-corrected chi connectivity index (χ0v) is 13.1. The van der Waals surface area contributed by atoms with Crippen LogP contribution in [0.1, 0.15) is 11.3 Å². The number of anilines is 1. The summed E-state index contributed by atoms with van der Waals surface area (Å²) in [5.41, 5.74) is 7.97. The number of nitrogens with two attached hydrogens (primary N) is 1. The highest BCUT2D eigenvalue weighted by atomic mass is 35.5. The van der Waals surface area contributed by atoms with Gasteiger partial charge in [-0.3, -0.25) is 4.79 Å². The first kappa shape index (κ1) is 17.1. The molecule has 4 nitrogen and oxygen atoms in total. The number of thiocarbonyl (C=S) groups is 1. The Morgan fingerprint density at radius 3 is 2.57 bits per heavy atom. The van der Waals surface area contributed by atoms with Crippen molar-refractivity contribution in [2.75, 3.05) is 5.32 Å². The Hall–Kier alpha value is -1.98. The lowest BCUT2D eigenvalue weighted by molar-refractivity contribution is -0.690. The molecule has 110 valence electrons. The number of carbonyl (C=O) groups is 1. The highest BCUT2D eigenvalue weighted by molar-refractivity contribution is 7.80. The summed E-state index contributed by atoms with van der Waals surface area (Å²) in [7, 11) is 0. The Morgan fingerprint density at radius 1 is 1.24 bits per heavy atom. The van der Waals surface area contributed by atoms with Gasteiger partial charge in [0, 0.05) is 24.6 Å². The minimum atomic E-state index is -0.118. The van der Waals surface area contributed by atoms with Crippen molar-refractivity contribution < 1.29 is 21.8 Å². The van der Waals surface area contributed by atoms with Gasteiger partial charge in [0.1, 0.15) is 4.99 Å². The number of rotatable bonds is 4. The molecule has 0 unspecified atom stereocenters. The molecule has 0 saturated carbocycles. The Labute approximate surface area is 135 Å². The van der Waals surface area contributed by atoms with Crippen LogP contribution in [0.25, 0.3) is 0 Å². The number of aryl methyl sites for hydroxylation is 1. The van der Waals surface area contributed by atoms with Gasteiger partial charge in [-0.1, -0.05) is 30.4 Å². The first-order chi connectivity index (χ1) is 9.58. The molecule has 1 aromatic heterocycles. The predicted molar refractivity (Wildman–Crippen MR) is 82.3 cm³/mol. The van der Waals surface area contributed by atoms with Gasteiger partial charge in [-0.15, -0.1) is 0 Å². The summed E-state index contributed by atoms with van der Waals surface area (Å²) in [5, 5.41) is 2.84. The van der Waals surface area contributed by atoms with Gasteiger partial charge < -0.3 is 23.5 Å². The van der Waals surface area contributed by atoms with E-state index in [-0.39, 0.29) is 29.8 Å². The van der Waals surface area contributed by atoms with Gasteiger partial charge in [0.25, 0.3) is 5.91 Å². The number of carbonyl (C=O) groups excluding carboxylic acids is 1. The second-order valence-electron chi connectivity index (χ2n) is 4.43. The fraction of sp³-hybridized carbons (Fsp3) is 0.133. The van der Waals surface area contributed by atoms with E-state index in [2.05, 4.69) is 5.32 Å². The quantitative estimate of drug-likeness (QED) is 0.536. The fourth-order valence-electron chi connectivity index (χ4n) is 1.89. The van der Waals surface area contributed by atoms with E-state index < -0.39 is 0 Å². The maximum Gasteiger partial charge on any atom is 0.290 e. The van der Waals surface area contributed by atoms with E-state index in [4.69, 9.17) is 18.0 Å². The molecule has 2 rings (SSSR count). The van der Waals surface area contributed by atoms with Crippen LogP contribution in [0, 0.1) is 6.92 Å². The molecule has 2 aromatic rings. The third kappa shape index (κ3) is 4.51. The molecule has 21 heavy (non-hydrogen) atoms. The van der Waals surface area contributed by atoms with Crippen molar-refractivity contribution in [1.29, 1.82) is 0 Å². The minimum absolute atomic E-state index is 0. The van der Waals surface area contributed by atoms with Crippen molar-refractivity contribution >= 4 is 28.8 Å². The maximum absolute atomic E-state index is 12.1. The molecule has 3 N–H and O–H groups in total. The minimum Gasteiger partial charge on any atom is -1.00 e. The monoisotopic (exact) mass is 321 g/mol. The molecule has 0 saturated heterocycles. The van der Waals surface area contributed by atoms with Crippen LogP contribution in [0.2, 0.25) is 0 Å². The number of benzene rings is 1. The normalized spacial score (nSPS) is 9.57. The van der Waals surface area contributed by atoms with E-state index in [9.17, 15) is 4.79 Å². The fourth-order valence-corrected chi connectivity index (χ4v) is 2.07. The van der Waals surface area contributed by atoms with E-state index >= 15 is 0 Å². The van der Waals surface area contributed by atoms with Gasteiger partial charge >= 0.3 is 0 Å². The van der Waals surface area contributed by atoms with Crippen molar-refractivity contribution in [3.63, 3.8) is 0 Å². The van der Waals surface area contributed by atoms with E-state index in [1.165, 1.54) is 0 Å². The van der Waals surface area contributed by atoms with Crippen LogP contribution in [-0.2, 0) is 11.3 Å². The SMILES string of the molecule is Cc1cccc[n+]1CC(=O)Nc1ccccc1C(N)=S.[Cl-]. The third-order valence-electron chi connectivity index (χ3n) is 2.95. The zero-order chi connectivity index (χ0) is 14.5. The summed E-state index contributed by atoms with van der Waals surface area (Å²) < 4.78 is 1.87. The van der Waals surface area contributed by atoms with Gasteiger partial charge in [0.2, 0.25) is 6.54 Å². The Morgan fingerprint density at radius 2 is 1.90 bits per heavy atom. The molecule has 1 amide bonds. The van der Waals surface area contributed by atoms with Crippen LogP contribution in [0.4, 0.5) is 5.69 Å². The zero-order valence-electron chi connectivity index (χ0n) is 11.5. The lowest BCUT2D eigenvalue weighted by atomic mass is 10.2. The number of nitrogens with zero attached hydrogens (tertiary/aromatic N) is 1. The van der Waals surface area contributed by atoms with E-state index in [0.717, 1.165) is 5.69 Å². The average molecular weight is 322 g/mol. The molecule has 0 atom stereocenters. The number of hydrogen-bond acceptors (Lipinski definition) is 2. The topological polar surface area (TPSA) is 59.0 Å². The van der Waals surface area contributed by atoms with Gasteiger partial charge in [0.05, 0.1) is 5.69 Å². The van der Waals surface area contributed by atoms with Crippen molar-refractivity contribution in [3.05, 3.63) is 59.9 Å². The Balaban J connectivity index is 0.00000220. The number of pyridine rings is 1. The molecule has 6 heteroatoms. The summed E-state index contributed by atoms with van der Waals surface area (Å²) in [6.07, 6.45) is 1.87. The molecular formula is C15H16ClN3OS. The van der Waals surface area contributed by atoms with Crippen molar-refractivity contribution in [2.24, 2.45) is 5.73 Å². The van der Waals surface area contributed by atoms with Gasteiger partial charge in [-0.05, 0) is 12.1 Å². The predicted octanol–water partition coefficient (Wildman–Crippen LogP) is -1.44. The highest BCUT2D eigenvalue weighted by Crippen LogP contribution is 2.14. The van der Waals surface area contributed by atoms with Crippen molar-refractivity contribution in [2.45, 2.75) is 13.5 Å². The van der Waals surface area contributed by atoms with Crippen LogP contribution in [0.3, 0.4) is 0 Å². The van der Waals surface area contributed by atoms with Gasteiger partial charge in [-0.25, -0.2) is 0 Å². The lowest BCUT2D eigenvalue weighted by Crippen LogP contribution is -3.00. The number of halogens is 1. The van der Waals surface area contributed by atoms with Gasteiger partial charge in [-0.2, -0.15) is 4.57 Å². The van der Waals surface area contributed by atoms with Crippen LogP contribution < -0.4 is 28.0 Å². The van der Waals surface area contributed by atoms with Crippen molar-refractivity contribution in [3.8, 4) is 0 Å². The maximum atomic E-state index is 12.1. The third-order valence-corrected chi connectivity index (χ3v) is 3.17. The molecule has 0 aliphatic rings. The molecule has 0 bridgehead atoms. The molecule has 0 spiro atoms. The first-order valence-corrected chi connectivity index (χ1v) is 6.62. The van der Waals surface area contributed by atoms with Gasteiger partial charge in [0.15, 0.2) is 11.9 Å². The van der Waals surface area contributed by atoms with Crippen LogP contribution in [0.5, 0.6) is 0 Å². The molecule has 1 aromatic carbocycles. The molecule has 0 fully saturated rings. The lowest BCUT2D eigenvalue weighted by Gasteiger charge is -2.08. The van der Waals surface area contributed by atoms with Crippen LogP contribution in [-0.4, -0.2) is 10.9 Å². The molecular weight excluding hydrogens is 306 g/mol. The second-order valence-corrected chi connectivity index (χ2v) is 4.87. The Bertz CT molecular complexity index is 661. The van der Waals surface area contributed by atoms with E-state index in [0.29, 0.717) is 11.3 Å². The summed E-state index contributed by atoms with van der Waals surface area (Å²) in [4.78, 5) is 12.4. The average Bonchev–Trinajstić information content (AvgIpc) is 2.41. The van der Waals surface area contributed by atoms with Crippen LogP contribution >= 0.6 is 12.2 Å². The smallest absolute Gasteiger partial charge is 0.290 e. The first-order valence-electron chi connectivity index (χ1n) is 6.21.